The van der Waals surface area contributed by atoms with Crippen molar-refractivity contribution in [1.29, 1.82) is 0 Å². The van der Waals surface area contributed by atoms with Crippen molar-refractivity contribution in [3.8, 4) is 0 Å². The number of rotatable bonds is 2. The summed E-state index contributed by atoms with van der Waals surface area (Å²) in [6, 6.07) is 9.30. The van der Waals surface area contributed by atoms with Crippen LogP contribution in [0, 0.1) is 11.8 Å². The van der Waals surface area contributed by atoms with Crippen LogP contribution < -0.4 is 24.8 Å². The van der Waals surface area contributed by atoms with Gasteiger partial charge < -0.3 is 24.8 Å². The van der Waals surface area contributed by atoms with Gasteiger partial charge >= 0.3 is 153 Å². The zero-order valence-corrected chi connectivity index (χ0v) is 19.3. The SMILES string of the molecule is CCCP1C2=Cc3ccccc3[CH]2[Zr+2][CH]2C3C=CC=CC3CC21.[Cl-].[Cl-]. The van der Waals surface area contributed by atoms with Crippen LogP contribution in [-0.2, 0) is 23.2 Å². The smallest absolute Gasteiger partial charge is 1.00 e. The molecule has 0 N–H and O–H groups in total. The number of hydrogen-bond acceptors (Lipinski definition) is 0. The maximum atomic E-state index is 2.63. The molecule has 0 aromatic heterocycles. The first-order valence-electron chi connectivity index (χ1n) is 9.05. The van der Waals surface area contributed by atoms with Gasteiger partial charge in [0.15, 0.2) is 0 Å². The molecule has 2 fully saturated rings. The molecule has 0 radical (unpaired) electrons. The van der Waals surface area contributed by atoms with Crippen LogP contribution in [-0.4, -0.2) is 11.8 Å². The molecule has 0 spiro atoms. The van der Waals surface area contributed by atoms with Crippen molar-refractivity contribution in [3.63, 3.8) is 0 Å². The molecule has 6 atom stereocenters. The molecule has 0 bridgehead atoms. The molecule has 1 saturated heterocycles. The van der Waals surface area contributed by atoms with E-state index in [2.05, 4.69) is 61.6 Å². The fraction of sp³-hybridized carbons (Fsp3) is 0.429. The Balaban J connectivity index is 0.000000911. The van der Waals surface area contributed by atoms with Gasteiger partial charge in [-0.25, -0.2) is 0 Å². The summed E-state index contributed by atoms with van der Waals surface area (Å²) in [4.78, 5) is 0. The predicted octanol–water partition coefficient (Wildman–Crippen LogP) is -0.00260. The second-order valence-electron chi connectivity index (χ2n) is 7.33. The molecule has 4 heteroatoms. The van der Waals surface area contributed by atoms with Crippen molar-refractivity contribution >= 4 is 14.0 Å². The Kier molecular flexibility index (Phi) is 6.54. The van der Waals surface area contributed by atoms with Crippen molar-refractivity contribution in [3.05, 3.63) is 65.0 Å². The second-order valence-corrected chi connectivity index (χ2v) is 13.8. The Labute approximate surface area is 176 Å². The molecular weight excluding hydrogens is 445 g/mol. The van der Waals surface area contributed by atoms with Crippen molar-refractivity contribution in [2.75, 3.05) is 6.16 Å². The minimum absolute atomic E-state index is 0. The van der Waals surface area contributed by atoms with Gasteiger partial charge in [-0.1, -0.05) is 0 Å². The standard InChI is InChI=1S/C21H23P.2ClH.Zr/c1-2-11-22(20-12-16-7-3-4-8-17(16)13-20)21-14-18-9-5-6-10-19(18)15-21;;;/h3-10,12-14,18-19,21H,2,11,15H2,1H3;2*1H;/q;;;+2/p-2. The molecule has 6 unspecified atom stereocenters. The van der Waals surface area contributed by atoms with Crippen LogP contribution in [0.2, 0.25) is 3.63 Å². The molecule has 4 aliphatic rings. The molecule has 1 saturated carbocycles. The Bertz CT molecular complexity index is 726. The van der Waals surface area contributed by atoms with Crippen LogP contribution >= 0.6 is 7.92 Å². The van der Waals surface area contributed by atoms with Crippen molar-refractivity contribution in [1.82, 2.24) is 0 Å². The molecule has 1 aromatic rings. The first-order chi connectivity index (χ1) is 11.4. The first kappa shape index (κ1) is 20.1. The molecule has 0 nitrogen and oxygen atoms in total. The average molecular weight is 469 g/mol. The van der Waals surface area contributed by atoms with Gasteiger partial charge in [-0.15, -0.1) is 0 Å². The van der Waals surface area contributed by atoms with E-state index in [1.54, 1.807) is 11.1 Å². The van der Waals surface area contributed by atoms with E-state index in [4.69, 9.17) is 0 Å². The van der Waals surface area contributed by atoms with E-state index >= 15 is 0 Å². The molecule has 5 rings (SSSR count). The molecule has 130 valence electrons. The maximum Gasteiger partial charge on any atom is -1.00 e. The van der Waals surface area contributed by atoms with Crippen molar-refractivity contribution in [2.24, 2.45) is 11.8 Å². The average Bonchev–Trinajstić information content (AvgIpc) is 3.14. The first-order valence-corrected chi connectivity index (χ1v) is 13.5. The van der Waals surface area contributed by atoms with E-state index in [0.717, 1.165) is 24.7 Å². The van der Waals surface area contributed by atoms with Crippen LogP contribution in [0.1, 0.15) is 34.5 Å². The fourth-order valence-corrected chi connectivity index (χ4v) is 16.9. The van der Waals surface area contributed by atoms with E-state index in [9.17, 15) is 0 Å². The van der Waals surface area contributed by atoms with E-state index in [0.29, 0.717) is 0 Å². The van der Waals surface area contributed by atoms with Gasteiger partial charge in [-0.05, 0) is 0 Å². The van der Waals surface area contributed by atoms with Crippen LogP contribution in [0.3, 0.4) is 0 Å². The van der Waals surface area contributed by atoms with Gasteiger partial charge in [-0.2, -0.15) is 0 Å². The number of halogens is 2. The molecule has 0 amide bonds. The summed E-state index contributed by atoms with van der Waals surface area (Å²) in [5, 5.41) is 1.92. The third-order valence-electron chi connectivity index (χ3n) is 6.10. The Morgan fingerprint density at radius 3 is 2.76 bits per heavy atom. The molecule has 25 heavy (non-hydrogen) atoms. The summed E-state index contributed by atoms with van der Waals surface area (Å²) >= 11 is -0.428. The van der Waals surface area contributed by atoms with E-state index in [1.807, 2.05) is 5.31 Å². The van der Waals surface area contributed by atoms with Gasteiger partial charge in [0.2, 0.25) is 0 Å². The molecule has 1 aromatic carbocycles. The summed E-state index contributed by atoms with van der Waals surface area (Å²) in [7, 11) is 0.1000. The molecular formula is C21H23Cl2PZr. The summed E-state index contributed by atoms with van der Waals surface area (Å²) in [6.07, 6.45) is 16.7. The molecule has 1 aliphatic heterocycles. The zero-order chi connectivity index (χ0) is 15.4. The zero-order valence-electron chi connectivity index (χ0n) is 14.4. The predicted molar refractivity (Wildman–Crippen MR) is 96.7 cm³/mol. The Hall–Kier alpha value is 0.333. The number of benzene rings is 1. The minimum atomic E-state index is -0.428. The van der Waals surface area contributed by atoms with E-state index in [1.165, 1.54) is 19.0 Å². The second kappa shape index (κ2) is 8.14. The van der Waals surface area contributed by atoms with Gasteiger partial charge in [0.1, 0.15) is 0 Å². The van der Waals surface area contributed by atoms with Crippen LogP contribution in [0.4, 0.5) is 0 Å². The summed E-state index contributed by atoms with van der Waals surface area (Å²) in [6.45, 7) is 2.39. The monoisotopic (exact) mass is 466 g/mol. The fourth-order valence-electron chi connectivity index (χ4n) is 5.17. The number of fused-ring (bicyclic) bond motifs is 6. The number of hydrogen-bond donors (Lipinski definition) is 0. The van der Waals surface area contributed by atoms with Gasteiger partial charge in [0.25, 0.3) is 0 Å². The van der Waals surface area contributed by atoms with Gasteiger partial charge in [0.05, 0.1) is 0 Å². The van der Waals surface area contributed by atoms with Gasteiger partial charge in [-0.3, -0.25) is 0 Å². The molecule has 3 aliphatic carbocycles. The quantitative estimate of drug-likeness (QED) is 0.537. The molecule has 1 heterocycles. The third kappa shape index (κ3) is 3.23. The van der Waals surface area contributed by atoms with Crippen LogP contribution in [0.25, 0.3) is 6.08 Å². The van der Waals surface area contributed by atoms with E-state index in [-0.39, 0.29) is 32.7 Å². The number of allylic oxidation sites excluding steroid dienone is 5. The van der Waals surface area contributed by atoms with Crippen LogP contribution in [0.15, 0.2) is 53.9 Å². The third-order valence-corrected chi connectivity index (χ3v) is 15.9. The summed E-state index contributed by atoms with van der Waals surface area (Å²) in [5.41, 5.74) is 4.32. The normalized spacial score (nSPS) is 35.6. The van der Waals surface area contributed by atoms with Crippen LogP contribution in [0.5, 0.6) is 0 Å². The minimum Gasteiger partial charge on any atom is -1.00 e. The van der Waals surface area contributed by atoms with Crippen molar-refractivity contribution < 1.29 is 48.0 Å². The largest absolute Gasteiger partial charge is 1.00 e. The maximum absolute atomic E-state index is 2.63. The van der Waals surface area contributed by atoms with E-state index < -0.39 is 23.2 Å². The topological polar surface area (TPSA) is 0 Å². The Morgan fingerprint density at radius 1 is 1.12 bits per heavy atom. The van der Waals surface area contributed by atoms with Crippen molar-refractivity contribution in [2.45, 2.75) is 32.7 Å². The Morgan fingerprint density at radius 2 is 1.92 bits per heavy atom. The van der Waals surface area contributed by atoms with Gasteiger partial charge in [0, 0.05) is 0 Å². The summed E-state index contributed by atoms with van der Waals surface area (Å²) in [5.74, 6) is 1.76. The summed E-state index contributed by atoms with van der Waals surface area (Å²) < 4.78 is 2.00.